The first-order chi connectivity index (χ1) is 7.95. The van der Waals surface area contributed by atoms with Crippen LogP contribution in [0, 0.1) is 35.0 Å². The Balaban J connectivity index is 2.24. The van der Waals surface area contributed by atoms with E-state index in [9.17, 15) is 0 Å². The van der Waals surface area contributed by atoms with Gasteiger partial charge in [-0.05, 0) is 67.1 Å². The molecule has 0 amide bonds. The lowest BCUT2D eigenvalue weighted by Crippen LogP contribution is -2.42. The topological polar surface area (TPSA) is 0 Å². The highest BCUT2D eigenvalue weighted by Crippen LogP contribution is 2.54. The van der Waals surface area contributed by atoms with Crippen LogP contribution in [0.1, 0.15) is 73.1 Å². The van der Waals surface area contributed by atoms with Gasteiger partial charge in [0.15, 0.2) is 0 Å². The van der Waals surface area contributed by atoms with Gasteiger partial charge in [-0.25, -0.2) is 0 Å². The van der Waals surface area contributed by atoms with Gasteiger partial charge >= 0.3 is 0 Å². The van der Waals surface area contributed by atoms with Gasteiger partial charge in [-0.1, -0.05) is 41.0 Å². The summed E-state index contributed by atoms with van der Waals surface area (Å²) in [7, 11) is 0. The Kier molecular flexibility index (Phi) is 3.90. The highest BCUT2D eigenvalue weighted by molar-refractivity contribution is 4.94. The lowest BCUT2D eigenvalue weighted by Gasteiger charge is -2.51. The maximum atomic E-state index is 2.55. The lowest BCUT2D eigenvalue weighted by molar-refractivity contribution is -0.0113. The SMILES string of the molecule is CCC1CCC(C)(C)C2CCC1CC2C(C)C. The van der Waals surface area contributed by atoms with Crippen molar-refractivity contribution in [3.8, 4) is 0 Å². The van der Waals surface area contributed by atoms with Gasteiger partial charge in [0.2, 0.25) is 0 Å². The van der Waals surface area contributed by atoms with Gasteiger partial charge in [0.1, 0.15) is 0 Å². The number of fused-ring (bicyclic) bond motifs is 5. The van der Waals surface area contributed by atoms with E-state index in [1.165, 1.54) is 38.5 Å². The maximum Gasteiger partial charge on any atom is -0.0323 e. The quantitative estimate of drug-likeness (QED) is 0.592. The zero-order chi connectivity index (χ0) is 12.6. The zero-order valence-corrected chi connectivity index (χ0v) is 12.6. The fourth-order valence-corrected chi connectivity index (χ4v) is 4.89. The monoisotopic (exact) mass is 236 g/mol. The van der Waals surface area contributed by atoms with Gasteiger partial charge in [0.05, 0.1) is 0 Å². The first-order valence-electron chi connectivity index (χ1n) is 7.95. The predicted molar refractivity (Wildman–Crippen MR) is 76.0 cm³/mol. The van der Waals surface area contributed by atoms with Crippen molar-refractivity contribution >= 4 is 0 Å². The molecule has 4 atom stereocenters. The summed E-state index contributed by atoms with van der Waals surface area (Å²) >= 11 is 0. The summed E-state index contributed by atoms with van der Waals surface area (Å²) in [5, 5.41) is 0. The van der Waals surface area contributed by atoms with Gasteiger partial charge in [0, 0.05) is 0 Å². The molecule has 3 aliphatic carbocycles. The van der Waals surface area contributed by atoms with Crippen molar-refractivity contribution in [2.45, 2.75) is 73.1 Å². The Morgan fingerprint density at radius 2 is 1.82 bits per heavy atom. The maximum absolute atomic E-state index is 2.55. The van der Waals surface area contributed by atoms with E-state index in [0.717, 1.165) is 29.6 Å². The number of hydrogen-bond acceptors (Lipinski definition) is 0. The second kappa shape index (κ2) is 4.94. The molecule has 100 valence electrons. The third-order valence-corrected chi connectivity index (χ3v) is 6.15. The van der Waals surface area contributed by atoms with Crippen molar-refractivity contribution in [1.82, 2.24) is 0 Å². The average Bonchev–Trinajstić information content (AvgIpc) is 2.27. The van der Waals surface area contributed by atoms with Crippen molar-refractivity contribution in [2.75, 3.05) is 0 Å². The Morgan fingerprint density at radius 1 is 1.12 bits per heavy atom. The molecule has 0 aromatic heterocycles. The van der Waals surface area contributed by atoms with E-state index in [0.29, 0.717) is 5.41 Å². The molecule has 2 bridgehead atoms. The van der Waals surface area contributed by atoms with Gasteiger partial charge < -0.3 is 0 Å². The van der Waals surface area contributed by atoms with Crippen LogP contribution in [0.5, 0.6) is 0 Å². The predicted octanol–water partition coefficient (Wildman–Crippen LogP) is 5.52. The van der Waals surface area contributed by atoms with E-state index < -0.39 is 0 Å². The summed E-state index contributed by atoms with van der Waals surface area (Å²) in [6.45, 7) is 12.4. The van der Waals surface area contributed by atoms with Crippen LogP contribution in [0.3, 0.4) is 0 Å². The summed E-state index contributed by atoms with van der Waals surface area (Å²) < 4.78 is 0. The molecule has 4 unspecified atom stereocenters. The largest absolute Gasteiger partial charge is 0.0651 e. The average molecular weight is 236 g/mol. The van der Waals surface area contributed by atoms with Gasteiger partial charge in [0.25, 0.3) is 0 Å². The minimum Gasteiger partial charge on any atom is -0.0651 e. The van der Waals surface area contributed by atoms with Crippen molar-refractivity contribution in [3.05, 3.63) is 0 Å². The van der Waals surface area contributed by atoms with Crippen molar-refractivity contribution in [2.24, 2.45) is 35.0 Å². The first-order valence-corrected chi connectivity index (χ1v) is 7.95. The van der Waals surface area contributed by atoms with Crippen LogP contribution in [0.2, 0.25) is 0 Å². The highest BCUT2D eigenvalue weighted by atomic mass is 14.5. The van der Waals surface area contributed by atoms with Crippen LogP contribution >= 0.6 is 0 Å². The van der Waals surface area contributed by atoms with E-state index in [2.05, 4.69) is 34.6 Å². The molecule has 0 saturated heterocycles. The highest BCUT2D eigenvalue weighted by Gasteiger charge is 2.44. The van der Waals surface area contributed by atoms with Gasteiger partial charge in [-0.3, -0.25) is 0 Å². The standard InChI is InChI=1S/C17H32/c1-6-13-9-10-17(4,5)16-8-7-14(13)11-15(16)12(2)3/h12-16H,6-11H2,1-5H3. The summed E-state index contributed by atoms with van der Waals surface area (Å²) in [6, 6.07) is 0. The van der Waals surface area contributed by atoms with Gasteiger partial charge in [-0.2, -0.15) is 0 Å². The third-order valence-electron chi connectivity index (χ3n) is 6.15. The Bertz CT molecular complexity index is 251. The summed E-state index contributed by atoms with van der Waals surface area (Å²) in [5.74, 6) is 4.96. The molecule has 3 aliphatic rings. The van der Waals surface area contributed by atoms with Crippen LogP contribution < -0.4 is 0 Å². The van der Waals surface area contributed by atoms with Crippen LogP contribution in [-0.4, -0.2) is 0 Å². The second-order valence-corrected chi connectivity index (χ2v) is 7.78. The van der Waals surface area contributed by atoms with Crippen molar-refractivity contribution in [1.29, 1.82) is 0 Å². The minimum atomic E-state index is 0.591. The molecule has 17 heavy (non-hydrogen) atoms. The Hall–Kier alpha value is 0. The number of hydrogen-bond donors (Lipinski definition) is 0. The summed E-state index contributed by atoms with van der Waals surface area (Å²) in [4.78, 5) is 0. The van der Waals surface area contributed by atoms with E-state index in [-0.39, 0.29) is 0 Å². The molecule has 0 aliphatic heterocycles. The van der Waals surface area contributed by atoms with E-state index >= 15 is 0 Å². The molecule has 3 rings (SSSR count). The molecule has 0 nitrogen and oxygen atoms in total. The van der Waals surface area contributed by atoms with Crippen LogP contribution in [0.4, 0.5) is 0 Å². The van der Waals surface area contributed by atoms with Gasteiger partial charge in [-0.15, -0.1) is 0 Å². The number of rotatable bonds is 2. The molecular weight excluding hydrogens is 204 g/mol. The molecule has 0 N–H and O–H groups in total. The first kappa shape index (κ1) is 13.4. The third kappa shape index (κ3) is 2.56. The van der Waals surface area contributed by atoms with Crippen molar-refractivity contribution < 1.29 is 0 Å². The molecule has 0 heteroatoms. The molecule has 0 aromatic carbocycles. The fraction of sp³-hybridized carbons (Fsp3) is 1.00. The van der Waals surface area contributed by atoms with E-state index in [4.69, 9.17) is 0 Å². The van der Waals surface area contributed by atoms with E-state index in [1.807, 2.05) is 0 Å². The van der Waals surface area contributed by atoms with E-state index in [1.54, 1.807) is 0 Å². The lowest BCUT2D eigenvalue weighted by atomic mass is 9.54. The zero-order valence-electron chi connectivity index (χ0n) is 12.6. The summed E-state index contributed by atoms with van der Waals surface area (Å²) in [6.07, 6.45) is 8.94. The molecule has 0 radical (unpaired) electrons. The molecule has 3 fully saturated rings. The molecule has 3 saturated carbocycles. The van der Waals surface area contributed by atoms with Crippen LogP contribution in [0.25, 0.3) is 0 Å². The summed E-state index contributed by atoms with van der Waals surface area (Å²) in [5.41, 5.74) is 0.591. The van der Waals surface area contributed by atoms with Crippen molar-refractivity contribution in [3.63, 3.8) is 0 Å². The Labute approximate surface area is 109 Å². The second-order valence-electron chi connectivity index (χ2n) is 7.78. The molecule has 0 spiro atoms. The normalized spacial score (nSPS) is 41.3. The Morgan fingerprint density at radius 3 is 2.41 bits per heavy atom. The van der Waals surface area contributed by atoms with Crippen LogP contribution in [-0.2, 0) is 0 Å². The molecule has 0 heterocycles. The van der Waals surface area contributed by atoms with Crippen LogP contribution in [0.15, 0.2) is 0 Å². The minimum absolute atomic E-state index is 0.591. The smallest absolute Gasteiger partial charge is 0.0323 e. The molecule has 0 aromatic rings. The molecular formula is C17H32. The fourth-order valence-electron chi connectivity index (χ4n) is 4.89.